The lowest BCUT2D eigenvalue weighted by molar-refractivity contribution is -0.121. The van der Waals surface area contributed by atoms with Gasteiger partial charge in [-0.1, -0.05) is 49.4 Å². The number of carbonyl (C=O) groups excluding carboxylic acids is 1. The van der Waals surface area contributed by atoms with Crippen LogP contribution in [0.3, 0.4) is 0 Å². The quantitative estimate of drug-likeness (QED) is 0.760. The first-order valence-electron chi connectivity index (χ1n) is 8.14. The number of benzene rings is 2. The highest BCUT2D eigenvalue weighted by molar-refractivity contribution is 5.89. The van der Waals surface area contributed by atoms with Gasteiger partial charge in [-0.05, 0) is 35.1 Å². The number of para-hydroxylation sites is 1. The molecule has 3 heteroatoms. The van der Waals surface area contributed by atoms with Crippen LogP contribution in [0.4, 0.5) is 0 Å². The van der Waals surface area contributed by atoms with Gasteiger partial charge in [0.2, 0.25) is 5.91 Å². The third-order valence-corrected chi connectivity index (χ3v) is 4.84. The standard InChI is InChI=1S/C20H20N2O/c1-13-10-14-6-2-3-8-17(14)20(13)22-19(23)11-15-12-21-18-9-5-4-7-16(15)18/h2-9,12-13,20-21H,10-11H2,1H3,(H,22,23)/t13-,20-/m0/s1. The minimum absolute atomic E-state index is 0.0864. The van der Waals surface area contributed by atoms with Gasteiger partial charge in [-0.15, -0.1) is 0 Å². The molecule has 1 heterocycles. The lowest BCUT2D eigenvalue weighted by atomic mass is 10.0. The number of fused-ring (bicyclic) bond motifs is 2. The highest BCUT2D eigenvalue weighted by atomic mass is 16.1. The van der Waals surface area contributed by atoms with Crippen LogP contribution in [0, 0.1) is 5.92 Å². The fraction of sp³-hybridized carbons (Fsp3) is 0.250. The lowest BCUT2D eigenvalue weighted by Gasteiger charge is -2.18. The Balaban J connectivity index is 1.52. The van der Waals surface area contributed by atoms with Crippen molar-refractivity contribution in [1.29, 1.82) is 0 Å². The molecular formula is C20H20N2O. The van der Waals surface area contributed by atoms with E-state index in [9.17, 15) is 4.79 Å². The first kappa shape index (κ1) is 14.1. The number of H-pyrrole nitrogens is 1. The average molecular weight is 304 g/mol. The van der Waals surface area contributed by atoms with E-state index in [0.717, 1.165) is 22.9 Å². The first-order chi connectivity index (χ1) is 11.2. The topological polar surface area (TPSA) is 44.9 Å². The second-order valence-electron chi connectivity index (χ2n) is 6.46. The Morgan fingerprint density at radius 2 is 1.96 bits per heavy atom. The third kappa shape index (κ3) is 2.52. The number of carbonyl (C=O) groups is 1. The number of rotatable bonds is 3. The van der Waals surface area contributed by atoms with Crippen LogP contribution >= 0.6 is 0 Å². The van der Waals surface area contributed by atoms with Crippen molar-refractivity contribution in [1.82, 2.24) is 10.3 Å². The zero-order chi connectivity index (χ0) is 15.8. The van der Waals surface area contributed by atoms with Crippen molar-refractivity contribution in [2.45, 2.75) is 25.8 Å². The van der Waals surface area contributed by atoms with Crippen LogP contribution in [0.15, 0.2) is 54.7 Å². The van der Waals surface area contributed by atoms with Crippen molar-refractivity contribution in [3.63, 3.8) is 0 Å². The van der Waals surface area contributed by atoms with Crippen LogP contribution in [-0.2, 0) is 17.6 Å². The maximum absolute atomic E-state index is 12.5. The molecule has 0 fully saturated rings. The Kier molecular flexibility index (Phi) is 3.41. The van der Waals surface area contributed by atoms with E-state index in [0.29, 0.717) is 12.3 Å². The summed E-state index contributed by atoms with van der Waals surface area (Å²) < 4.78 is 0. The molecule has 23 heavy (non-hydrogen) atoms. The van der Waals surface area contributed by atoms with Gasteiger partial charge in [0.25, 0.3) is 0 Å². The Labute approximate surface area is 135 Å². The van der Waals surface area contributed by atoms with E-state index in [2.05, 4.69) is 47.6 Å². The summed E-state index contributed by atoms with van der Waals surface area (Å²) in [6.07, 6.45) is 3.39. The highest BCUT2D eigenvalue weighted by Crippen LogP contribution is 2.35. The summed E-state index contributed by atoms with van der Waals surface area (Å²) in [6, 6.07) is 16.6. The van der Waals surface area contributed by atoms with E-state index in [-0.39, 0.29) is 11.9 Å². The Morgan fingerprint density at radius 1 is 1.17 bits per heavy atom. The Bertz CT molecular complexity index is 865. The van der Waals surface area contributed by atoms with Crippen molar-refractivity contribution < 1.29 is 4.79 Å². The van der Waals surface area contributed by atoms with Gasteiger partial charge in [-0.25, -0.2) is 0 Å². The van der Waals surface area contributed by atoms with Crippen molar-refractivity contribution in [3.05, 3.63) is 71.4 Å². The molecule has 0 bridgehead atoms. The Morgan fingerprint density at radius 3 is 2.87 bits per heavy atom. The van der Waals surface area contributed by atoms with Crippen LogP contribution in [-0.4, -0.2) is 10.9 Å². The molecule has 0 unspecified atom stereocenters. The highest BCUT2D eigenvalue weighted by Gasteiger charge is 2.30. The van der Waals surface area contributed by atoms with Gasteiger partial charge in [-0.2, -0.15) is 0 Å². The molecule has 116 valence electrons. The van der Waals surface area contributed by atoms with Gasteiger partial charge in [0.05, 0.1) is 12.5 Å². The van der Waals surface area contributed by atoms with Gasteiger partial charge in [0.15, 0.2) is 0 Å². The molecule has 0 saturated heterocycles. The van der Waals surface area contributed by atoms with Crippen LogP contribution in [0.2, 0.25) is 0 Å². The minimum atomic E-state index is 0.0864. The van der Waals surface area contributed by atoms with Crippen molar-refractivity contribution in [3.8, 4) is 0 Å². The molecule has 2 aromatic carbocycles. The number of aromatic nitrogens is 1. The predicted octanol–water partition coefficient (Wildman–Crippen LogP) is 3.76. The summed E-state index contributed by atoms with van der Waals surface area (Å²) in [4.78, 5) is 15.8. The van der Waals surface area contributed by atoms with Gasteiger partial charge < -0.3 is 10.3 Å². The van der Waals surface area contributed by atoms with Gasteiger partial charge in [0, 0.05) is 17.1 Å². The van der Waals surface area contributed by atoms with Gasteiger partial charge >= 0.3 is 0 Å². The number of nitrogens with one attached hydrogen (secondary N) is 2. The van der Waals surface area contributed by atoms with Crippen molar-refractivity contribution in [2.75, 3.05) is 0 Å². The number of amides is 1. The molecule has 4 rings (SSSR count). The molecule has 1 aliphatic carbocycles. The third-order valence-electron chi connectivity index (χ3n) is 4.84. The second-order valence-corrected chi connectivity index (χ2v) is 6.46. The summed E-state index contributed by atoms with van der Waals surface area (Å²) in [5, 5.41) is 4.36. The van der Waals surface area contributed by atoms with E-state index < -0.39 is 0 Å². The number of aromatic amines is 1. The van der Waals surface area contributed by atoms with Crippen molar-refractivity contribution >= 4 is 16.8 Å². The smallest absolute Gasteiger partial charge is 0.224 e. The number of hydrogen-bond acceptors (Lipinski definition) is 1. The first-order valence-corrected chi connectivity index (χ1v) is 8.14. The van der Waals surface area contributed by atoms with E-state index in [1.165, 1.54) is 11.1 Å². The summed E-state index contributed by atoms with van der Waals surface area (Å²) in [6.45, 7) is 2.20. The lowest BCUT2D eigenvalue weighted by Crippen LogP contribution is -2.31. The van der Waals surface area contributed by atoms with E-state index in [4.69, 9.17) is 0 Å². The molecule has 2 N–H and O–H groups in total. The average Bonchev–Trinajstić information content (AvgIpc) is 3.10. The fourth-order valence-corrected chi connectivity index (χ4v) is 3.69. The van der Waals surface area contributed by atoms with Crippen LogP contribution in [0.5, 0.6) is 0 Å². The molecular weight excluding hydrogens is 284 g/mol. The van der Waals surface area contributed by atoms with Gasteiger partial charge in [-0.3, -0.25) is 4.79 Å². The second kappa shape index (κ2) is 5.58. The SMILES string of the molecule is C[C@H]1Cc2ccccc2[C@H]1NC(=O)Cc1c[nH]c2ccccc12. The molecule has 0 radical (unpaired) electrons. The Hall–Kier alpha value is -2.55. The largest absolute Gasteiger partial charge is 0.361 e. The van der Waals surface area contributed by atoms with Crippen LogP contribution in [0.1, 0.15) is 29.7 Å². The molecule has 3 aromatic rings. The maximum Gasteiger partial charge on any atom is 0.224 e. The minimum Gasteiger partial charge on any atom is -0.361 e. The molecule has 3 nitrogen and oxygen atoms in total. The number of hydrogen-bond donors (Lipinski definition) is 2. The maximum atomic E-state index is 12.5. The molecule has 2 atom stereocenters. The van der Waals surface area contributed by atoms with Crippen LogP contribution < -0.4 is 5.32 Å². The zero-order valence-corrected chi connectivity index (χ0v) is 13.2. The van der Waals surface area contributed by atoms with E-state index in [1.54, 1.807) is 0 Å². The molecule has 1 amide bonds. The monoisotopic (exact) mass is 304 g/mol. The molecule has 1 aromatic heterocycles. The summed E-state index contributed by atoms with van der Waals surface area (Å²) in [5.74, 6) is 0.530. The van der Waals surface area contributed by atoms with Gasteiger partial charge in [0.1, 0.15) is 0 Å². The van der Waals surface area contributed by atoms with E-state index in [1.807, 2.05) is 24.4 Å². The summed E-state index contributed by atoms with van der Waals surface area (Å²) in [7, 11) is 0. The predicted molar refractivity (Wildman–Crippen MR) is 92.2 cm³/mol. The van der Waals surface area contributed by atoms with Crippen molar-refractivity contribution in [2.24, 2.45) is 5.92 Å². The molecule has 0 aliphatic heterocycles. The van der Waals surface area contributed by atoms with Crippen LogP contribution in [0.25, 0.3) is 10.9 Å². The molecule has 0 saturated carbocycles. The molecule has 1 aliphatic rings. The normalized spacial score (nSPS) is 19.7. The zero-order valence-electron chi connectivity index (χ0n) is 13.2. The fourth-order valence-electron chi connectivity index (χ4n) is 3.69. The van der Waals surface area contributed by atoms with E-state index >= 15 is 0 Å². The summed E-state index contributed by atoms with van der Waals surface area (Å²) in [5.41, 5.74) is 4.76. The summed E-state index contributed by atoms with van der Waals surface area (Å²) >= 11 is 0. The molecule has 0 spiro atoms.